The Morgan fingerprint density at radius 1 is 1.27 bits per heavy atom. The number of carbonyl (C=O) groups excluding carboxylic acids is 1. The Bertz CT molecular complexity index is 1160. The van der Waals surface area contributed by atoms with Crippen LogP contribution >= 0.6 is 0 Å². The van der Waals surface area contributed by atoms with Crippen LogP contribution in [0.2, 0.25) is 0 Å². The van der Waals surface area contributed by atoms with E-state index in [1.165, 1.54) is 12.1 Å². The highest BCUT2D eigenvalue weighted by atomic mass is 19.4. The molecule has 3 aromatic rings. The van der Waals surface area contributed by atoms with Crippen molar-refractivity contribution in [2.75, 3.05) is 5.32 Å². The second-order valence-electron chi connectivity index (χ2n) is 5.94. The lowest BCUT2D eigenvalue weighted by Crippen LogP contribution is -2.22. The van der Waals surface area contributed by atoms with Gasteiger partial charge in [0.1, 0.15) is 6.33 Å². The lowest BCUT2D eigenvalue weighted by atomic mass is 10.1. The molecule has 0 atom stereocenters. The van der Waals surface area contributed by atoms with E-state index < -0.39 is 41.6 Å². The maximum atomic E-state index is 13.4. The van der Waals surface area contributed by atoms with Crippen LogP contribution in [-0.2, 0) is 17.4 Å². The fourth-order valence-electron chi connectivity index (χ4n) is 2.65. The monoisotopic (exact) mass is 422 g/mol. The van der Waals surface area contributed by atoms with Gasteiger partial charge in [-0.1, -0.05) is 0 Å². The van der Waals surface area contributed by atoms with Gasteiger partial charge in [-0.25, -0.2) is 14.3 Å². The number of halogens is 3. The lowest BCUT2D eigenvalue weighted by Gasteiger charge is -2.15. The smallest absolute Gasteiger partial charge is 0.417 e. The summed E-state index contributed by atoms with van der Waals surface area (Å²) in [5.74, 6) is -3.22. The van der Waals surface area contributed by atoms with Crippen LogP contribution in [0.1, 0.15) is 21.6 Å². The normalized spacial score (nSPS) is 11.3. The van der Waals surface area contributed by atoms with Gasteiger partial charge in [0.25, 0.3) is 0 Å². The summed E-state index contributed by atoms with van der Waals surface area (Å²) in [5, 5.41) is 22.1. The van der Waals surface area contributed by atoms with Crippen molar-refractivity contribution in [1.29, 1.82) is 5.41 Å². The van der Waals surface area contributed by atoms with Crippen molar-refractivity contribution in [3.05, 3.63) is 53.5 Å². The molecule has 0 saturated heterocycles. The second kappa shape index (κ2) is 7.69. The molecule has 3 rings (SSSR count). The SMILES string of the molecule is N=C(N)Nc1ccc(C(=O)Oc2ccc(CC(=O)O)n3ncnc23)c(C(F)(F)F)c1. The van der Waals surface area contributed by atoms with E-state index in [4.69, 9.17) is 21.0 Å². The van der Waals surface area contributed by atoms with Crippen molar-refractivity contribution in [3.63, 3.8) is 0 Å². The highest BCUT2D eigenvalue weighted by Gasteiger charge is 2.36. The van der Waals surface area contributed by atoms with Gasteiger partial charge in [-0.2, -0.15) is 18.3 Å². The van der Waals surface area contributed by atoms with Gasteiger partial charge in [0.2, 0.25) is 0 Å². The number of carbonyl (C=O) groups is 2. The first-order valence-electron chi connectivity index (χ1n) is 8.14. The second-order valence-corrected chi connectivity index (χ2v) is 5.94. The van der Waals surface area contributed by atoms with Crippen molar-refractivity contribution >= 4 is 29.2 Å². The van der Waals surface area contributed by atoms with Crippen LogP contribution in [0.3, 0.4) is 0 Å². The zero-order valence-electron chi connectivity index (χ0n) is 14.9. The minimum Gasteiger partial charge on any atom is -0.481 e. The Morgan fingerprint density at radius 2 is 2.00 bits per heavy atom. The minimum atomic E-state index is -4.89. The maximum absolute atomic E-state index is 13.4. The number of guanidine groups is 1. The van der Waals surface area contributed by atoms with E-state index in [-0.39, 0.29) is 22.8 Å². The third-order valence-corrected chi connectivity index (χ3v) is 3.83. The predicted molar refractivity (Wildman–Crippen MR) is 96.3 cm³/mol. The number of carboxylic acid groups (broad SMARTS) is 1. The van der Waals surface area contributed by atoms with Crippen LogP contribution in [-0.4, -0.2) is 37.6 Å². The van der Waals surface area contributed by atoms with Crippen LogP contribution in [0.25, 0.3) is 5.65 Å². The molecule has 2 aromatic heterocycles. The van der Waals surface area contributed by atoms with E-state index in [1.54, 1.807) is 0 Å². The van der Waals surface area contributed by atoms with E-state index in [1.807, 2.05) is 0 Å². The molecule has 0 unspecified atom stereocenters. The number of hydrogen-bond donors (Lipinski definition) is 4. The van der Waals surface area contributed by atoms with Crippen LogP contribution in [0.5, 0.6) is 5.75 Å². The summed E-state index contributed by atoms with van der Waals surface area (Å²) in [6.07, 6.45) is -4.20. The molecule has 10 nitrogen and oxygen atoms in total. The largest absolute Gasteiger partial charge is 0.481 e. The first kappa shape index (κ1) is 20.6. The van der Waals surface area contributed by atoms with E-state index in [2.05, 4.69) is 15.4 Å². The molecule has 1 aromatic carbocycles. The summed E-state index contributed by atoms with van der Waals surface area (Å²) in [6, 6.07) is 5.18. The van der Waals surface area contributed by atoms with Gasteiger partial charge < -0.3 is 20.9 Å². The summed E-state index contributed by atoms with van der Waals surface area (Å²) in [7, 11) is 0. The fraction of sp³-hybridized carbons (Fsp3) is 0.118. The standard InChI is InChI=1S/C17H13F3N6O4/c18-17(19,20)11-5-8(25-16(21)22)1-3-10(11)15(29)30-12-4-2-9(6-13(27)28)26-14(12)23-7-24-26/h1-5,7H,6H2,(H,27,28)(H4,21,22,25). The van der Waals surface area contributed by atoms with Gasteiger partial charge in [-0.05, 0) is 30.3 Å². The van der Waals surface area contributed by atoms with Crippen molar-refractivity contribution in [2.24, 2.45) is 5.73 Å². The van der Waals surface area contributed by atoms with E-state index >= 15 is 0 Å². The zero-order chi connectivity index (χ0) is 22.1. The molecule has 0 saturated carbocycles. The molecule has 2 heterocycles. The topological polar surface area (TPSA) is 156 Å². The van der Waals surface area contributed by atoms with Crippen molar-refractivity contribution in [3.8, 4) is 5.75 Å². The van der Waals surface area contributed by atoms with E-state index in [0.29, 0.717) is 6.07 Å². The number of aliphatic carboxylic acids is 1. The fourth-order valence-corrected chi connectivity index (χ4v) is 2.65. The maximum Gasteiger partial charge on any atom is 0.417 e. The van der Waals surface area contributed by atoms with Crippen LogP contribution in [0, 0.1) is 5.41 Å². The Morgan fingerprint density at radius 3 is 2.63 bits per heavy atom. The Kier molecular flexibility index (Phi) is 5.27. The van der Waals surface area contributed by atoms with E-state index in [0.717, 1.165) is 23.0 Å². The first-order chi connectivity index (χ1) is 14.1. The van der Waals surface area contributed by atoms with Gasteiger partial charge in [0.15, 0.2) is 17.4 Å². The highest BCUT2D eigenvalue weighted by Crippen LogP contribution is 2.34. The number of alkyl halides is 3. The molecule has 0 aliphatic heterocycles. The highest BCUT2D eigenvalue weighted by molar-refractivity contribution is 5.95. The molecule has 0 bridgehead atoms. The number of esters is 1. The molecule has 0 aliphatic rings. The minimum absolute atomic E-state index is 0.0366. The number of nitrogens with zero attached hydrogens (tertiary/aromatic N) is 3. The van der Waals surface area contributed by atoms with Gasteiger partial charge in [-0.3, -0.25) is 10.2 Å². The summed E-state index contributed by atoms with van der Waals surface area (Å²) >= 11 is 0. The zero-order valence-corrected chi connectivity index (χ0v) is 14.9. The van der Waals surface area contributed by atoms with Crippen LogP contribution in [0.15, 0.2) is 36.7 Å². The molecule has 156 valence electrons. The molecular weight excluding hydrogens is 409 g/mol. The van der Waals surface area contributed by atoms with Crippen LogP contribution in [0.4, 0.5) is 18.9 Å². The quantitative estimate of drug-likeness (QED) is 0.276. The number of rotatable bonds is 5. The Hall–Kier alpha value is -4.16. The third kappa shape index (κ3) is 4.29. The number of nitrogens with one attached hydrogen (secondary N) is 2. The van der Waals surface area contributed by atoms with Crippen molar-refractivity contribution in [2.45, 2.75) is 12.6 Å². The first-order valence-corrected chi connectivity index (χ1v) is 8.14. The number of pyridine rings is 1. The molecular formula is C17H13F3N6O4. The van der Waals surface area contributed by atoms with Gasteiger partial charge in [0, 0.05) is 5.69 Å². The number of fused-ring (bicyclic) bond motifs is 1. The summed E-state index contributed by atoms with van der Waals surface area (Å²) in [5.41, 5.74) is 3.10. The van der Waals surface area contributed by atoms with Crippen molar-refractivity contribution < 1.29 is 32.6 Å². The molecule has 0 aliphatic carbocycles. The lowest BCUT2D eigenvalue weighted by molar-refractivity contribution is -0.138. The average Bonchev–Trinajstić information content (AvgIpc) is 3.12. The van der Waals surface area contributed by atoms with Gasteiger partial charge in [0.05, 0.1) is 23.2 Å². The number of carboxylic acids is 1. The number of benzene rings is 1. The summed E-state index contributed by atoms with van der Waals surface area (Å²) in [6.45, 7) is 0. The number of ether oxygens (including phenoxy) is 1. The molecule has 13 heteroatoms. The molecule has 0 amide bonds. The molecule has 5 N–H and O–H groups in total. The Balaban J connectivity index is 1.97. The summed E-state index contributed by atoms with van der Waals surface area (Å²) in [4.78, 5) is 27.3. The third-order valence-electron chi connectivity index (χ3n) is 3.83. The van der Waals surface area contributed by atoms with Gasteiger partial charge in [-0.15, -0.1) is 0 Å². The number of aromatic nitrogens is 3. The van der Waals surface area contributed by atoms with Crippen molar-refractivity contribution in [1.82, 2.24) is 14.6 Å². The van der Waals surface area contributed by atoms with E-state index in [9.17, 15) is 22.8 Å². The number of hydrogen-bond acceptors (Lipinski definition) is 6. The molecule has 0 spiro atoms. The average molecular weight is 422 g/mol. The summed E-state index contributed by atoms with van der Waals surface area (Å²) < 4.78 is 46.5. The Labute approximate surface area is 165 Å². The number of nitrogens with two attached hydrogens (primary N) is 1. The molecule has 0 fully saturated rings. The van der Waals surface area contributed by atoms with Gasteiger partial charge >= 0.3 is 18.1 Å². The molecule has 30 heavy (non-hydrogen) atoms. The van der Waals surface area contributed by atoms with Crippen LogP contribution < -0.4 is 15.8 Å². The number of anilines is 1. The molecule has 0 radical (unpaired) electrons. The predicted octanol–water partition coefficient (Wildman–Crippen LogP) is 1.90.